The van der Waals surface area contributed by atoms with E-state index in [-0.39, 0.29) is 15.6 Å². The maximum absolute atomic E-state index is 13.0. The van der Waals surface area contributed by atoms with Crippen molar-refractivity contribution in [3.8, 4) is 5.75 Å². The Hall–Kier alpha value is -1.80. The first-order valence-corrected chi connectivity index (χ1v) is 6.88. The number of nitrogens with zero attached hydrogens (tertiary/aromatic N) is 1. The lowest BCUT2D eigenvalue weighted by molar-refractivity contribution is 0.471. The summed E-state index contributed by atoms with van der Waals surface area (Å²) in [4.78, 5) is -0.0765. The van der Waals surface area contributed by atoms with Crippen molar-refractivity contribution in [2.24, 2.45) is 0 Å². The fourth-order valence-electron chi connectivity index (χ4n) is 1.43. The quantitative estimate of drug-likeness (QED) is 0.756. The van der Waals surface area contributed by atoms with E-state index in [4.69, 9.17) is 11.6 Å². The van der Waals surface area contributed by atoms with Gasteiger partial charge in [-0.25, -0.2) is 12.8 Å². The fraction of sp³-hybridized carbons (Fsp3) is 0.100. The number of aromatic hydroxyl groups is 1. The van der Waals surface area contributed by atoms with Gasteiger partial charge in [0.2, 0.25) is 0 Å². The number of rotatable bonds is 3. The molecule has 2 rings (SSSR count). The number of sulfonamides is 1. The predicted molar refractivity (Wildman–Crippen MR) is 67.2 cm³/mol. The van der Waals surface area contributed by atoms with Crippen LogP contribution in [0.1, 0.15) is 5.69 Å². The summed E-state index contributed by atoms with van der Waals surface area (Å²) < 4.78 is 39.2. The van der Waals surface area contributed by atoms with E-state index in [1.807, 2.05) is 0 Å². The lowest BCUT2D eigenvalue weighted by atomic mass is 10.3. The predicted octanol–water partition coefficient (Wildman–Crippen LogP) is 2.02. The normalized spacial score (nSPS) is 11.5. The first-order valence-electron chi connectivity index (χ1n) is 5.02. The highest BCUT2D eigenvalue weighted by molar-refractivity contribution is 7.92. The molecule has 1 aromatic carbocycles. The number of anilines is 1. The lowest BCUT2D eigenvalue weighted by Crippen LogP contribution is -2.13. The van der Waals surface area contributed by atoms with Crippen LogP contribution in [0.3, 0.4) is 0 Å². The van der Waals surface area contributed by atoms with Gasteiger partial charge in [0.25, 0.3) is 10.0 Å². The third kappa shape index (κ3) is 2.64. The van der Waals surface area contributed by atoms with E-state index in [2.05, 4.69) is 14.9 Å². The van der Waals surface area contributed by atoms with Crippen molar-refractivity contribution in [2.45, 2.75) is 11.8 Å². The summed E-state index contributed by atoms with van der Waals surface area (Å²) in [6.45, 7) is 1.53. The Bertz CT molecular complexity index is 730. The molecule has 0 spiro atoms. The van der Waals surface area contributed by atoms with Crippen molar-refractivity contribution in [2.75, 3.05) is 4.72 Å². The molecule has 0 bridgehead atoms. The number of phenols is 1. The van der Waals surface area contributed by atoms with Gasteiger partial charge in [-0.3, -0.25) is 9.82 Å². The number of H-pyrrole nitrogens is 1. The number of halogens is 2. The maximum Gasteiger partial charge on any atom is 0.265 e. The number of hydrogen-bond donors (Lipinski definition) is 3. The van der Waals surface area contributed by atoms with Gasteiger partial charge in [0.05, 0.1) is 22.6 Å². The number of phenolic OH excluding ortho intramolecular Hbond substituents is 1. The van der Waals surface area contributed by atoms with Crippen molar-refractivity contribution in [1.29, 1.82) is 0 Å². The van der Waals surface area contributed by atoms with Gasteiger partial charge >= 0.3 is 0 Å². The Balaban J connectivity index is 2.42. The van der Waals surface area contributed by atoms with Crippen molar-refractivity contribution in [3.05, 3.63) is 34.9 Å². The number of nitrogens with one attached hydrogen (secondary N) is 2. The molecular weight excluding hydrogens is 297 g/mol. The van der Waals surface area contributed by atoms with Crippen molar-refractivity contribution >= 4 is 27.3 Å². The zero-order chi connectivity index (χ0) is 14.2. The Kier molecular flexibility index (Phi) is 3.38. The molecule has 2 aromatic rings. The van der Waals surface area contributed by atoms with Crippen LogP contribution in [0.5, 0.6) is 5.75 Å². The molecule has 0 unspecified atom stereocenters. The summed E-state index contributed by atoms with van der Waals surface area (Å²) in [6, 6.07) is 1.71. The molecule has 0 atom stereocenters. The van der Waals surface area contributed by atoms with Crippen LogP contribution in [0, 0.1) is 12.7 Å². The zero-order valence-electron chi connectivity index (χ0n) is 9.61. The zero-order valence-corrected chi connectivity index (χ0v) is 11.2. The van der Waals surface area contributed by atoms with Gasteiger partial charge in [0.1, 0.15) is 16.5 Å². The highest BCUT2D eigenvalue weighted by atomic mass is 35.5. The van der Waals surface area contributed by atoms with E-state index in [0.717, 1.165) is 18.3 Å². The fourth-order valence-corrected chi connectivity index (χ4v) is 2.80. The smallest absolute Gasteiger partial charge is 0.265 e. The summed E-state index contributed by atoms with van der Waals surface area (Å²) >= 11 is 5.53. The average Bonchev–Trinajstić information content (AvgIpc) is 2.73. The molecule has 0 radical (unpaired) electrons. The maximum atomic E-state index is 13.0. The molecule has 0 aliphatic carbocycles. The Labute approximate surface area is 113 Å². The Morgan fingerprint density at radius 2 is 2.16 bits per heavy atom. The molecule has 1 aromatic heterocycles. The minimum atomic E-state index is -3.94. The highest BCUT2D eigenvalue weighted by Gasteiger charge is 2.20. The molecular formula is C10H9ClFN3O3S. The number of aryl methyl sites for hydroxylation is 1. The Morgan fingerprint density at radius 3 is 2.74 bits per heavy atom. The highest BCUT2D eigenvalue weighted by Crippen LogP contribution is 2.31. The third-order valence-corrected chi connectivity index (χ3v) is 4.13. The molecule has 6 nitrogen and oxygen atoms in total. The first kappa shape index (κ1) is 13.6. The SMILES string of the molecule is Cc1[nH]ncc1S(=O)(=O)Nc1cc(Cl)c(F)cc1O. The summed E-state index contributed by atoms with van der Waals surface area (Å²) in [5.41, 5.74) is 0.118. The largest absolute Gasteiger partial charge is 0.506 e. The van der Waals surface area contributed by atoms with E-state index < -0.39 is 21.6 Å². The topological polar surface area (TPSA) is 95.1 Å². The van der Waals surface area contributed by atoms with Crippen molar-refractivity contribution < 1.29 is 17.9 Å². The second kappa shape index (κ2) is 4.71. The summed E-state index contributed by atoms with van der Waals surface area (Å²) in [5, 5.41) is 15.3. The lowest BCUT2D eigenvalue weighted by Gasteiger charge is -2.09. The number of benzene rings is 1. The van der Waals surface area contributed by atoms with Gasteiger partial charge in [0.15, 0.2) is 0 Å². The van der Waals surface area contributed by atoms with Gasteiger partial charge in [-0.2, -0.15) is 5.10 Å². The van der Waals surface area contributed by atoms with Crippen LogP contribution in [0.4, 0.5) is 10.1 Å². The molecule has 0 saturated carbocycles. The number of aromatic nitrogens is 2. The molecule has 0 amide bonds. The average molecular weight is 306 g/mol. The molecule has 0 saturated heterocycles. The molecule has 9 heteroatoms. The summed E-state index contributed by atoms with van der Waals surface area (Å²) in [5.74, 6) is -1.41. The van der Waals surface area contributed by atoms with E-state index in [1.165, 1.54) is 6.92 Å². The second-order valence-corrected chi connectivity index (χ2v) is 5.81. The van der Waals surface area contributed by atoms with Gasteiger partial charge in [-0.1, -0.05) is 11.6 Å². The van der Waals surface area contributed by atoms with Crippen molar-refractivity contribution in [1.82, 2.24) is 10.2 Å². The van der Waals surface area contributed by atoms with Crippen LogP contribution in [-0.2, 0) is 10.0 Å². The van der Waals surface area contributed by atoms with Crippen molar-refractivity contribution in [3.63, 3.8) is 0 Å². The van der Waals surface area contributed by atoms with Gasteiger partial charge in [-0.15, -0.1) is 0 Å². The van der Waals surface area contributed by atoms with Crippen LogP contribution < -0.4 is 4.72 Å². The molecule has 0 aliphatic rings. The van der Waals surface area contributed by atoms with Gasteiger partial charge < -0.3 is 5.11 Å². The number of hydrogen-bond acceptors (Lipinski definition) is 4. The van der Waals surface area contributed by atoms with E-state index in [1.54, 1.807) is 0 Å². The van der Waals surface area contributed by atoms with Crippen LogP contribution in [0.15, 0.2) is 23.2 Å². The van der Waals surface area contributed by atoms with E-state index in [0.29, 0.717) is 5.69 Å². The molecule has 0 fully saturated rings. The van der Waals surface area contributed by atoms with Crippen LogP contribution in [0.2, 0.25) is 5.02 Å². The minimum absolute atomic E-state index is 0.0765. The van der Waals surface area contributed by atoms with E-state index >= 15 is 0 Å². The van der Waals surface area contributed by atoms with Crippen LogP contribution in [0.25, 0.3) is 0 Å². The standard InChI is InChI=1S/C10H9ClFN3O3S/c1-5-10(4-13-14-5)19(17,18)15-8-2-6(11)7(12)3-9(8)16/h2-4,15-16H,1H3,(H,13,14). The number of aromatic amines is 1. The van der Waals surface area contributed by atoms with Crippen LogP contribution in [-0.4, -0.2) is 23.7 Å². The van der Waals surface area contributed by atoms with Gasteiger partial charge in [-0.05, 0) is 13.0 Å². The molecule has 19 heavy (non-hydrogen) atoms. The third-order valence-electron chi connectivity index (χ3n) is 2.36. The molecule has 3 N–H and O–H groups in total. The monoisotopic (exact) mass is 305 g/mol. The van der Waals surface area contributed by atoms with E-state index in [9.17, 15) is 17.9 Å². The second-order valence-electron chi connectivity index (χ2n) is 3.75. The van der Waals surface area contributed by atoms with Crippen LogP contribution >= 0.6 is 11.6 Å². The first-order chi connectivity index (χ1) is 8.81. The molecule has 102 valence electrons. The minimum Gasteiger partial charge on any atom is -0.506 e. The molecule has 0 aliphatic heterocycles. The molecule has 1 heterocycles. The summed E-state index contributed by atoms with van der Waals surface area (Å²) in [6.07, 6.45) is 1.12. The van der Waals surface area contributed by atoms with Gasteiger partial charge in [0, 0.05) is 6.07 Å². The Morgan fingerprint density at radius 1 is 1.47 bits per heavy atom. The summed E-state index contributed by atoms with van der Waals surface area (Å²) in [7, 11) is -3.94.